The maximum Gasteiger partial charge on any atom is 0.262 e. The first-order valence-corrected chi connectivity index (χ1v) is 9.67. The van der Waals surface area contributed by atoms with Crippen LogP contribution in [0.15, 0.2) is 42.7 Å². The average molecular weight is 393 g/mol. The van der Waals surface area contributed by atoms with E-state index in [1.165, 1.54) is 0 Å². The zero-order chi connectivity index (χ0) is 20.4. The van der Waals surface area contributed by atoms with Crippen LogP contribution in [0.5, 0.6) is 5.75 Å². The van der Waals surface area contributed by atoms with E-state index in [0.717, 1.165) is 23.1 Å². The van der Waals surface area contributed by atoms with Crippen molar-refractivity contribution in [3.05, 3.63) is 42.7 Å². The maximum absolute atomic E-state index is 12.3. The molecule has 3 aromatic rings. The standard InChI is InChI=1S/C21H23N5O3/c1-14(2)26-21-15(11-23-26)9-16(12-22-21)24-19(27)13-29-18-6-3-5-17(10-18)25-8-4-7-20(25)28/h3,5-6,9-12,14H,4,7-8,13H2,1-2H3,(H,24,27). The van der Waals surface area contributed by atoms with Gasteiger partial charge in [-0.15, -0.1) is 0 Å². The minimum absolute atomic E-state index is 0.114. The largest absolute Gasteiger partial charge is 0.484 e. The molecule has 2 aromatic heterocycles. The summed E-state index contributed by atoms with van der Waals surface area (Å²) in [5, 5.41) is 7.98. The molecule has 1 aromatic carbocycles. The van der Waals surface area contributed by atoms with Crippen LogP contribution in [0.4, 0.5) is 11.4 Å². The van der Waals surface area contributed by atoms with Gasteiger partial charge in [0, 0.05) is 36.1 Å². The van der Waals surface area contributed by atoms with Gasteiger partial charge < -0.3 is 15.0 Å². The van der Waals surface area contributed by atoms with Gasteiger partial charge in [0.2, 0.25) is 5.91 Å². The van der Waals surface area contributed by atoms with Gasteiger partial charge in [0.25, 0.3) is 5.91 Å². The van der Waals surface area contributed by atoms with Crippen molar-refractivity contribution >= 4 is 34.2 Å². The van der Waals surface area contributed by atoms with Crippen LogP contribution in [0.3, 0.4) is 0 Å². The van der Waals surface area contributed by atoms with Gasteiger partial charge >= 0.3 is 0 Å². The van der Waals surface area contributed by atoms with Crippen molar-refractivity contribution in [3.8, 4) is 5.75 Å². The third kappa shape index (κ3) is 4.06. The molecular formula is C21H23N5O3. The summed E-state index contributed by atoms with van der Waals surface area (Å²) in [4.78, 5) is 30.3. The number of fused-ring (bicyclic) bond motifs is 1. The lowest BCUT2D eigenvalue weighted by Crippen LogP contribution is -2.24. The van der Waals surface area contributed by atoms with E-state index in [4.69, 9.17) is 4.74 Å². The second kappa shape index (κ2) is 7.90. The van der Waals surface area contributed by atoms with Crippen LogP contribution in [0.25, 0.3) is 11.0 Å². The minimum atomic E-state index is -0.287. The highest BCUT2D eigenvalue weighted by Gasteiger charge is 2.21. The Bertz CT molecular complexity index is 1060. The molecule has 0 saturated carbocycles. The topological polar surface area (TPSA) is 89.4 Å². The smallest absolute Gasteiger partial charge is 0.262 e. The molecule has 150 valence electrons. The number of benzene rings is 1. The summed E-state index contributed by atoms with van der Waals surface area (Å²) in [5.41, 5.74) is 2.16. The number of ether oxygens (including phenoxy) is 1. The quantitative estimate of drug-likeness (QED) is 0.695. The molecule has 1 aliphatic heterocycles. The molecule has 29 heavy (non-hydrogen) atoms. The highest BCUT2D eigenvalue weighted by Crippen LogP contribution is 2.25. The van der Waals surface area contributed by atoms with Crippen molar-refractivity contribution in [1.29, 1.82) is 0 Å². The molecule has 0 aliphatic carbocycles. The number of carbonyl (C=O) groups excluding carboxylic acids is 2. The Kier molecular flexibility index (Phi) is 5.16. The predicted octanol–water partition coefficient (Wildman–Crippen LogP) is 3.16. The monoisotopic (exact) mass is 393 g/mol. The number of nitrogens with zero attached hydrogens (tertiary/aromatic N) is 4. The fraction of sp³-hybridized carbons (Fsp3) is 0.333. The molecule has 0 atom stereocenters. The lowest BCUT2D eigenvalue weighted by Gasteiger charge is -2.16. The molecule has 4 rings (SSSR count). The lowest BCUT2D eigenvalue weighted by molar-refractivity contribution is -0.118. The maximum atomic E-state index is 12.3. The minimum Gasteiger partial charge on any atom is -0.484 e. The molecule has 0 spiro atoms. The van der Waals surface area contributed by atoms with Crippen molar-refractivity contribution in [2.24, 2.45) is 0 Å². The molecule has 1 aliphatic rings. The van der Waals surface area contributed by atoms with E-state index in [9.17, 15) is 9.59 Å². The van der Waals surface area contributed by atoms with Crippen LogP contribution < -0.4 is 15.0 Å². The summed E-state index contributed by atoms with van der Waals surface area (Å²) in [7, 11) is 0. The second-order valence-electron chi connectivity index (χ2n) is 7.30. The summed E-state index contributed by atoms with van der Waals surface area (Å²) in [6.45, 7) is 4.65. The SMILES string of the molecule is CC(C)n1ncc2cc(NC(=O)COc3cccc(N4CCCC4=O)c3)cnc21. The van der Waals surface area contributed by atoms with E-state index in [1.54, 1.807) is 29.4 Å². The van der Waals surface area contributed by atoms with Gasteiger partial charge in [-0.05, 0) is 38.5 Å². The Balaban J connectivity index is 1.38. The predicted molar refractivity (Wildman–Crippen MR) is 110 cm³/mol. The number of nitrogens with one attached hydrogen (secondary N) is 1. The van der Waals surface area contributed by atoms with E-state index in [1.807, 2.05) is 36.7 Å². The first-order chi connectivity index (χ1) is 14.0. The van der Waals surface area contributed by atoms with Gasteiger partial charge in [0.05, 0.1) is 18.1 Å². The second-order valence-corrected chi connectivity index (χ2v) is 7.30. The van der Waals surface area contributed by atoms with Gasteiger partial charge in [-0.2, -0.15) is 5.10 Å². The van der Waals surface area contributed by atoms with Crippen molar-refractivity contribution in [1.82, 2.24) is 14.8 Å². The number of hydrogen-bond donors (Lipinski definition) is 1. The molecule has 3 heterocycles. The van der Waals surface area contributed by atoms with Crippen LogP contribution in [0.2, 0.25) is 0 Å². The number of pyridine rings is 1. The third-order valence-electron chi connectivity index (χ3n) is 4.78. The highest BCUT2D eigenvalue weighted by atomic mass is 16.5. The molecule has 1 saturated heterocycles. The van der Waals surface area contributed by atoms with Crippen LogP contribution in [0.1, 0.15) is 32.7 Å². The molecule has 1 N–H and O–H groups in total. The lowest BCUT2D eigenvalue weighted by atomic mass is 10.3. The zero-order valence-corrected chi connectivity index (χ0v) is 16.5. The van der Waals surface area contributed by atoms with Crippen LogP contribution in [-0.2, 0) is 9.59 Å². The van der Waals surface area contributed by atoms with Gasteiger partial charge in [0.15, 0.2) is 12.3 Å². The van der Waals surface area contributed by atoms with E-state index < -0.39 is 0 Å². The highest BCUT2D eigenvalue weighted by molar-refractivity contribution is 5.95. The van der Waals surface area contributed by atoms with Gasteiger partial charge in [-0.1, -0.05) is 6.07 Å². The summed E-state index contributed by atoms with van der Waals surface area (Å²) in [6.07, 6.45) is 4.78. The number of hydrogen-bond acceptors (Lipinski definition) is 5. The number of aromatic nitrogens is 3. The molecule has 8 heteroatoms. The molecular weight excluding hydrogens is 370 g/mol. The third-order valence-corrected chi connectivity index (χ3v) is 4.78. The fourth-order valence-electron chi connectivity index (χ4n) is 3.39. The van der Waals surface area contributed by atoms with Crippen molar-refractivity contribution in [2.75, 3.05) is 23.4 Å². The Labute approximate surface area is 168 Å². The van der Waals surface area contributed by atoms with Crippen molar-refractivity contribution < 1.29 is 14.3 Å². The first-order valence-electron chi connectivity index (χ1n) is 9.67. The molecule has 0 radical (unpaired) electrons. The fourth-order valence-corrected chi connectivity index (χ4v) is 3.39. The summed E-state index contributed by atoms with van der Waals surface area (Å²) >= 11 is 0. The first kappa shape index (κ1) is 18.9. The van der Waals surface area contributed by atoms with Crippen molar-refractivity contribution in [3.63, 3.8) is 0 Å². The van der Waals surface area contributed by atoms with Gasteiger partial charge in [-0.25, -0.2) is 9.67 Å². The molecule has 2 amide bonds. The van der Waals surface area contributed by atoms with E-state index in [-0.39, 0.29) is 24.5 Å². The number of carbonyl (C=O) groups is 2. The van der Waals surface area contributed by atoms with Gasteiger partial charge in [-0.3, -0.25) is 9.59 Å². The molecule has 0 bridgehead atoms. The summed E-state index contributed by atoms with van der Waals surface area (Å²) in [5.74, 6) is 0.373. The Morgan fingerprint density at radius 3 is 2.90 bits per heavy atom. The van der Waals surface area contributed by atoms with Crippen molar-refractivity contribution in [2.45, 2.75) is 32.7 Å². The number of rotatable bonds is 6. The molecule has 1 fully saturated rings. The van der Waals surface area contributed by atoms with E-state index >= 15 is 0 Å². The van der Waals surface area contributed by atoms with E-state index in [2.05, 4.69) is 15.4 Å². The number of amides is 2. The Hall–Kier alpha value is -3.42. The summed E-state index contributed by atoms with van der Waals surface area (Å²) in [6, 6.07) is 9.29. The average Bonchev–Trinajstić information content (AvgIpc) is 3.32. The number of anilines is 2. The Morgan fingerprint density at radius 2 is 2.14 bits per heavy atom. The van der Waals surface area contributed by atoms with Crippen LogP contribution >= 0.6 is 0 Å². The summed E-state index contributed by atoms with van der Waals surface area (Å²) < 4.78 is 7.45. The van der Waals surface area contributed by atoms with Crippen LogP contribution in [-0.4, -0.2) is 39.7 Å². The van der Waals surface area contributed by atoms with E-state index in [0.29, 0.717) is 24.4 Å². The Morgan fingerprint density at radius 1 is 1.28 bits per heavy atom. The normalized spacial score (nSPS) is 14.0. The zero-order valence-electron chi connectivity index (χ0n) is 16.5. The molecule has 8 nitrogen and oxygen atoms in total. The van der Waals surface area contributed by atoms with Crippen LogP contribution in [0, 0.1) is 0 Å². The molecule has 0 unspecified atom stereocenters. The van der Waals surface area contributed by atoms with Gasteiger partial charge in [0.1, 0.15) is 5.75 Å².